The Hall–Kier alpha value is -1.05. The maximum atomic E-state index is 11.5. The number of hydrogen-bond donors (Lipinski definition) is 0. The van der Waals surface area contributed by atoms with Gasteiger partial charge in [0.2, 0.25) is 0 Å². The number of ether oxygens (including phenoxy) is 1. The molecular weight excluding hydrogens is 188 g/mol. The van der Waals surface area contributed by atoms with E-state index in [1.54, 1.807) is 0 Å². The van der Waals surface area contributed by atoms with Gasteiger partial charge in [-0.3, -0.25) is 0 Å². The van der Waals surface area contributed by atoms with Crippen molar-refractivity contribution in [3.63, 3.8) is 0 Å². The number of methoxy groups -OCH3 is 1. The molecule has 0 fully saturated rings. The molecule has 0 saturated carbocycles. The molecule has 15 heavy (non-hydrogen) atoms. The smallest absolute Gasteiger partial charge is 0.334 e. The number of carbonyl (C=O) groups excluding carboxylic acids is 1. The van der Waals surface area contributed by atoms with E-state index in [-0.39, 0.29) is 5.97 Å². The van der Waals surface area contributed by atoms with Crippen molar-refractivity contribution in [2.75, 3.05) is 7.11 Å². The summed E-state index contributed by atoms with van der Waals surface area (Å²) in [6, 6.07) is 0. The van der Waals surface area contributed by atoms with E-state index in [9.17, 15) is 4.79 Å². The van der Waals surface area contributed by atoms with Crippen LogP contribution >= 0.6 is 0 Å². The largest absolute Gasteiger partial charge is 0.466 e. The fraction of sp³-hybridized carbons (Fsp3) is 0.615. The third-order valence-corrected chi connectivity index (χ3v) is 2.73. The maximum Gasteiger partial charge on any atom is 0.334 e. The highest BCUT2D eigenvalue weighted by molar-refractivity contribution is 5.89. The van der Waals surface area contributed by atoms with Crippen LogP contribution in [0.25, 0.3) is 0 Å². The Bertz CT molecular complexity index is 298. The van der Waals surface area contributed by atoms with Crippen molar-refractivity contribution >= 4 is 5.97 Å². The minimum atomic E-state index is -0.176. The maximum absolute atomic E-state index is 11.5. The molecule has 1 rings (SSSR count). The van der Waals surface area contributed by atoms with Crippen LogP contribution < -0.4 is 0 Å². The van der Waals surface area contributed by atoms with Gasteiger partial charge in [0.25, 0.3) is 0 Å². The second kappa shape index (κ2) is 5.15. The third-order valence-electron chi connectivity index (χ3n) is 2.73. The Labute approximate surface area is 92.0 Å². The minimum Gasteiger partial charge on any atom is -0.466 e. The predicted octanol–water partition coefficient (Wildman–Crippen LogP) is 3.10. The molecule has 1 unspecified atom stereocenters. The van der Waals surface area contributed by atoms with Gasteiger partial charge in [-0.15, -0.1) is 0 Å². The van der Waals surface area contributed by atoms with Crippen LogP contribution in [-0.4, -0.2) is 13.1 Å². The monoisotopic (exact) mass is 208 g/mol. The van der Waals surface area contributed by atoms with Gasteiger partial charge in [0.05, 0.1) is 7.11 Å². The molecule has 0 aliphatic heterocycles. The van der Waals surface area contributed by atoms with Gasteiger partial charge in [0.15, 0.2) is 0 Å². The molecule has 0 amide bonds. The number of esters is 1. The fourth-order valence-electron chi connectivity index (χ4n) is 2.07. The molecule has 0 heterocycles. The average Bonchev–Trinajstić information content (AvgIpc) is 2.16. The first-order valence-corrected chi connectivity index (χ1v) is 5.50. The summed E-state index contributed by atoms with van der Waals surface area (Å²) < 4.78 is 4.80. The predicted molar refractivity (Wildman–Crippen MR) is 61.4 cm³/mol. The molecule has 84 valence electrons. The molecule has 1 atom stereocenters. The van der Waals surface area contributed by atoms with E-state index in [1.165, 1.54) is 12.7 Å². The highest BCUT2D eigenvalue weighted by Crippen LogP contribution is 2.30. The van der Waals surface area contributed by atoms with E-state index in [0.717, 1.165) is 18.4 Å². The van der Waals surface area contributed by atoms with E-state index in [1.807, 2.05) is 12.2 Å². The lowest BCUT2D eigenvalue weighted by molar-refractivity contribution is -0.136. The van der Waals surface area contributed by atoms with Crippen molar-refractivity contribution in [2.45, 2.75) is 33.6 Å². The van der Waals surface area contributed by atoms with Crippen LogP contribution in [0.5, 0.6) is 0 Å². The number of rotatable bonds is 3. The lowest BCUT2D eigenvalue weighted by atomic mass is 9.82. The summed E-state index contributed by atoms with van der Waals surface area (Å²) in [5.41, 5.74) is 2.17. The average molecular weight is 208 g/mol. The first-order valence-electron chi connectivity index (χ1n) is 5.50. The number of allylic oxidation sites excluding steroid dienone is 3. The van der Waals surface area contributed by atoms with Gasteiger partial charge in [-0.25, -0.2) is 4.79 Å². The van der Waals surface area contributed by atoms with Crippen LogP contribution in [0.2, 0.25) is 0 Å². The highest BCUT2D eigenvalue weighted by Gasteiger charge is 2.24. The molecule has 0 aromatic heterocycles. The fourth-order valence-corrected chi connectivity index (χ4v) is 2.07. The Morgan fingerprint density at radius 2 is 2.20 bits per heavy atom. The normalized spacial score (nSPS) is 21.0. The number of carbonyl (C=O) groups is 1. The highest BCUT2D eigenvalue weighted by atomic mass is 16.5. The van der Waals surface area contributed by atoms with Crippen LogP contribution in [0.15, 0.2) is 23.3 Å². The van der Waals surface area contributed by atoms with Crippen molar-refractivity contribution in [1.29, 1.82) is 0 Å². The summed E-state index contributed by atoms with van der Waals surface area (Å²) >= 11 is 0. The van der Waals surface area contributed by atoms with Crippen molar-refractivity contribution in [3.05, 3.63) is 23.3 Å². The molecule has 0 aromatic carbocycles. The van der Waals surface area contributed by atoms with Crippen LogP contribution in [-0.2, 0) is 9.53 Å². The molecule has 0 N–H and O–H groups in total. The van der Waals surface area contributed by atoms with Gasteiger partial charge in [0.1, 0.15) is 0 Å². The van der Waals surface area contributed by atoms with E-state index in [2.05, 4.69) is 20.8 Å². The molecule has 2 nitrogen and oxygen atoms in total. The SMILES string of the molecule is COC(=O)C1=CC=C(C)CC1CC(C)C. The van der Waals surface area contributed by atoms with Gasteiger partial charge >= 0.3 is 5.97 Å². The summed E-state index contributed by atoms with van der Waals surface area (Å²) in [5.74, 6) is 0.765. The second-order valence-electron chi connectivity index (χ2n) is 4.66. The van der Waals surface area contributed by atoms with Gasteiger partial charge in [0, 0.05) is 5.57 Å². The van der Waals surface area contributed by atoms with E-state index in [0.29, 0.717) is 11.8 Å². The first-order chi connectivity index (χ1) is 7.04. The Morgan fingerprint density at radius 3 is 2.73 bits per heavy atom. The third kappa shape index (κ3) is 3.22. The molecule has 0 aromatic rings. The van der Waals surface area contributed by atoms with Crippen LogP contribution in [0, 0.1) is 11.8 Å². The molecule has 1 aliphatic rings. The zero-order valence-corrected chi connectivity index (χ0v) is 10.0. The zero-order chi connectivity index (χ0) is 11.4. The van der Waals surface area contributed by atoms with Crippen LogP contribution in [0.3, 0.4) is 0 Å². The van der Waals surface area contributed by atoms with Crippen LogP contribution in [0.4, 0.5) is 0 Å². The molecule has 0 bridgehead atoms. The number of hydrogen-bond acceptors (Lipinski definition) is 2. The molecule has 2 heteroatoms. The minimum absolute atomic E-state index is 0.176. The molecule has 0 radical (unpaired) electrons. The van der Waals surface area contributed by atoms with Gasteiger partial charge in [-0.2, -0.15) is 0 Å². The molecule has 0 spiro atoms. The topological polar surface area (TPSA) is 26.3 Å². The first kappa shape index (κ1) is 12.0. The van der Waals surface area contributed by atoms with Crippen molar-refractivity contribution in [2.24, 2.45) is 11.8 Å². The second-order valence-corrected chi connectivity index (χ2v) is 4.66. The molecular formula is C13H20O2. The van der Waals surface area contributed by atoms with Crippen LogP contribution in [0.1, 0.15) is 33.6 Å². The molecule has 0 saturated heterocycles. The van der Waals surface area contributed by atoms with E-state index < -0.39 is 0 Å². The van der Waals surface area contributed by atoms with E-state index in [4.69, 9.17) is 4.74 Å². The zero-order valence-electron chi connectivity index (χ0n) is 10.0. The van der Waals surface area contributed by atoms with Gasteiger partial charge in [-0.1, -0.05) is 31.6 Å². The summed E-state index contributed by atoms with van der Waals surface area (Å²) in [7, 11) is 1.45. The Balaban J connectivity index is 2.82. The standard InChI is InChI=1S/C13H20O2/c1-9(2)7-11-8-10(3)5-6-12(11)13(14)15-4/h5-6,9,11H,7-8H2,1-4H3. The van der Waals surface area contributed by atoms with Crippen molar-refractivity contribution in [3.8, 4) is 0 Å². The lowest BCUT2D eigenvalue weighted by Gasteiger charge is -2.23. The lowest BCUT2D eigenvalue weighted by Crippen LogP contribution is -2.18. The van der Waals surface area contributed by atoms with Crippen molar-refractivity contribution < 1.29 is 9.53 Å². The quantitative estimate of drug-likeness (QED) is 0.666. The van der Waals surface area contributed by atoms with Gasteiger partial charge < -0.3 is 4.74 Å². The Kier molecular flexibility index (Phi) is 4.13. The van der Waals surface area contributed by atoms with Crippen molar-refractivity contribution in [1.82, 2.24) is 0 Å². The molecule has 1 aliphatic carbocycles. The summed E-state index contributed by atoms with van der Waals surface area (Å²) in [4.78, 5) is 11.5. The van der Waals surface area contributed by atoms with E-state index >= 15 is 0 Å². The van der Waals surface area contributed by atoms with Gasteiger partial charge in [-0.05, 0) is 31.6 Å². The summed E-state index contributed by atoms with van der Waals surface area (Å²) in [6.07, 6.45) is 5.96. The Morgan fingerprint density at radius 1 is 1.53 bits per heavy atom. The summed E-state index contributed by atoms with van der Waals surface area (Å²) in [5, 5.41) is 0. The summed E-state index contributed by atoms with van der Waals surface area (Å²) in [6.45, 7) is 6.48.